The van der Waals surface area contributed by atoms with Crippen molar-refractivity contribution in [1.82, 2.24) is 89.2 Å². The van der Waals surface area contributed by atoms with Crippen LogP contribution in [0, 0.1) is 17.1 Å². The second-order valence-electron chi connectivity index (χ2n) is 36.2. The van der Waals surface area contributed by atoms with Gasteiger partial charge in [-0.3, -0.25) is 38.9 Å². The van der Waals surface area contributed by atoms with Crippen molar-refractivity contribution in [1.29, 1.82) is 5.26 Å². The maximum atomic E-state index is 14.4. The molecule has 10 heterocycles. The second kappa shape index (κ2) is 52.3. The summed E-state index contributed by atoms with van der Waals surface area (Å²) in [6.07, 6.45) is 27.7. The van der Waals surface area contributed by atoms with E-state index in [0.29, 0.717) is 72.6 Å². The topological polar surface area (TPSA) is 359 Å². The number of aryl methyl sites for hydroxylation is 1. The van der Waals surface area contributed by atoms with E-state index in [-0.39, 0.29) is 58.3 Å². The molecular formula is C110H134FN23O12S. The summed E-state index contributed by atoms with van der Waals surface area (Å²) in [5, 5.41) is 51.4. The second-order valence-corrected chi connectivity index (χ2v) is 36.2. The van der Waals surface area contributed by atoms with Gasteiger partial charge in [-0.2, -0.15) is 39.2 Å². The number of aromatic nitrogens is 16. The number of halogens is 1. The Morgan fingerprint density at radius 2 is 0.816 bits per heavy atom. The van der Waals surface area contributed by atoms with Crippen molar-refractivity contribution in [2.75, 3.05) is 149 Å². The molecule has 0 saturated carbocycles. The number of ether oxygens (including phenoxy) is 10. The molecule has 0 bridgehead atoms. The third kappa shape index (κ3) is 28.3. The number of nitrogens with zero attached hydrogens (tertiary/aromatic N) is 22. The highest BCUT2D eigenvalue weighted by Crippen LogP contribution is 2.41. The number of anilines is 8. The lowest BCUT2D eigenvalue weighted by Gasteiger charge is -2.28. The Morgan fingerprint density at radius 1 is 0.435 bits per heavy atom. The molecule has 0 spiro atoms. The SMILES string of the molecule is C.COCC(O)CN(c1cc(OC)cc(OC)c1)c1ccc2ncc(-c3cnn(C(C)C)c3)nc2c1.COCC(O)CN(c1cc(OC)cc(OC)c1)c1ccc2ncc(-c3cnn(C(C)C)c3)nc2c1.COc1cc(F)cc(N(CCNC(C)C)c2ccc3ncc(-c4cnn(C5CCCCO5)c4)nc3c2)c1.COc1cc(OC)cc(N(CCCN2CCC[C@@H]2CC#N)c2ccc3ncc(-c4cnn(C)c4)nc3c2)c1.S. The van der Waals surface area contributed by atoms with Crippen molar-refractivity contribution in [3.05, 3.63) is 226 Å². The zero-order valence-electron chi connectivity index (χ0n) is 85.5. The minimum atomic E-state index is -0.716. The fourth-order valence-electron chi connectivity index (χ4n) is 17.4. The average Bonchev–Trinajstić information content (AvgIpc) is 1.62. The first-order valence-corrected chi connectivity index (χ1v) is 48.5. The molecule has 2 aliphatic heterocycles. The number of likely N-dealkylation sites (tertiary alicyclic amines) is 1. The third-order valence-electron chi connectivity index (χ3n) is 24.9. The van der Waals surface area contributed by atoms with Gasteiger partial charge in [-0.25, -0.2) is 29.0 Å². The van der Waals surface area contributed by atoms with Crippen LogP contribution < -0.4 is 58.1 Å². The lowest BCUT2D eigenvalue weighted by molar-refractivity contribution is -0.0394. The molecule has 18 rings (SSSR count). The van der Waals surface area contributed by atoms with E-state index in [2.05, 4.69) is 120 Å². The maximum Gasteiger partial charge on any atom is 0.150 e. The van der Waals surface area contributed by atoms with Crippen LogP contribution in [0.5, 0.6) is 40.2 Å². The van der Waals surface area contributed by atoms with E-state index in [1.807, 2.05) is 177 Å². The van der Waals surface area contributed by atoms with E-state index in [9.17, 15) is 19.9 Å². The molecule has 0 aliphatic carbocycles. The van der Waals surface area contributed by atoms with Crippen molar-refractivity contribution in [3.63, 3.8) is 0 Å². The molecule has 0 amide bonds. The molecule has 147 heavy (non-hydrogen) atoms. The Balaban J connectivity index is 0.000000163. The Morgan fingerprint density at radius 3 is 1.19 bits per heavy atom. The molecule has 16 aromatic rings. The molecule has 2 saturated heterocycles. The Kier molecular flexibility index (Phi) is 39.0. The highest BCUT2D eigenvalue weighted by Gasteiger charge is 2.28. The van der Waals surface area contributed by atoms with Gasteiger partial charge in [0.05, 0.1) is 217 Å². The van der Waals surface area contributed by atoms with Crippen molar-refractivity contribution >= 4 is 103 Å². The van der Waals surface area contributed by atoms with Crippen LogP contribution in [0.15, 0.2) is 220 Å². The van der Waals surface area contributed by atoms with E-state index in [1.165, 1.54) is 12.1 Å². The Bertz CT molecular complexity index is 6770. The predicted molar refractivity (Wildman–Crippen MR) is 579 cm³/mol. The zero-order chi connectivity index (χ0) is 102. The molecule has 3 N–H and O–H groups in total. The first-order valence-electron chi connectivity index (χ1n) is 48.5. The van der Waals surface area contributed by atoms with Crippen LogP contribution in [0.2, 0.25) is 0 Å². The number of benzene rings is 8. The van der Waals surface area contributed by atoms with Gasteiger partial charge in [0.25, 0.3) is 0 Å². The molecule has 4 atom stereocenters. The number of aliphatic hydroxyl groups is 2. The first kappa shape index (κ1) is 109. The molecule has 3 unspecified atom stereocenters. The predicted octanol–water partition coefficient (Wildman–Crippen LogP) is 19.7. The van der Waals surface area contributed by atoms with Gasteiger partial charge in [0, 0.05) is 237 Å². The lowest BCUT2D eigenvalue weighted by Crippen LogP contribution is -2.32. The quantitative estimate of drug-likeness (QED) is 0.0322. The maximum absolute atomic E-state index is 14.4. The van der Waals surface area contributed by atoms with E-state index < -0.39 is 12.2 Å². The van der Waals surface area contributed by atoms with Crippen LogP contribution in [0.1, 0.15) is 112 Å². The van der Waals surface area contributed by atoms with Gasteiger partial charge >= 0.3 is 0 Å². The number of rotatable bonds is 39. The van der Waals surface area contributed by atoms with Gasteiger partial charge in [0.15, 0.2) is 0 Å². The van der Waals surface area contributed by atoms with E-state index >= 15 is 0 Å². The fourth-order valence-corrected chi connectivity index (χ4v) is 17.4. The normalized spacial score (nSPS) is 13.8. The molecular weight excluding hydrogens is 1890 g/mol. The Hall–Kier alpha value is -14.8. The number of hydrogen-bond acceptors (Lipinski definition) is 31. The molecule has 37 heteroatoms. The molecule has 8 aromatic heterocycles. The Labute approximate surface area is 864 Å². The van der Waals surface area contributed by atoms with Crippen LogP contribution >= 0.6 is 13.5 Å². The molecule has 2 aliphatic rings. The van der Waals surface area contributed by atoms with Gasteiger partial charge in [-0.15, -0.1) is 0 Å². The number of nitrogens with one attached hydrogen (secondary N) is 1. The van der Waals surface area contributed by atoms with Crippen LogP contribution in [-0.4, -0.2) is 248 Å². The number of fused-ring (bicyclic) bond motifs is 4. The molecule has 0 radical (unpaired) electrons. The van der Waals surface area contributed by atoms with Crippen LogP contribution in [0.4, 0.5) is 49.9 Å². The van der Waals surface area contributed by atoms with Crippen LogP contribution in [-0.2, 0) is 21.3 Å². The third-order valence-corrected chi connectivity index (χ3v) is 24.9. The van der Waals surface area contributed by atoms with Crippen molar-refractivity contribution in [2.24, 2.45) is 7.05 Å². The van der Waals surface area contributed by atoms with Gasteiger partial charge < -0.3 is 82.5 Å². The minimum absolute atomic E-state index is 0. The smallest absolute Gasteiger partial charge is 0.150 e. The molecule has 2 fully saturated rings. The minimum Gasteiger partial charge on any atom is -0.497 e. The number of methoxy groups -OCH3 is 9. The highest BCUT2D eigenvalue weighted by molar-refractivity contribution is 7.59. The number of aliphatic hydroxyl groups excluding tert-OH is 2. The number of nitriles is 1. The molecule has 35 nitrogen and oxygen atoms in total. The van der Waals surface area contributed by atoms with Gasteiger partial charge in [-0.1, -0.05) is 21.3 Å². The summed E-state index contributed by atoms with van der Waals surface area (Å²) in [5.41, 5.74) is 19.7. The summed E-state index contributed by atoms with van der Waals surface area (Å²) in [5.74, 6) is 4.18. The van der Waals surface area contributed by atoms with Crippen LogP contribution in [0.3, 0.4) is 0 Å². The average molecular weight is 2020 g/mol. The largest absolute Gasteiger partial charge is 0.497 e. The summed E-state index contributed by atoms with van der Waals surface area (Å²) in [7, 11) is 16.3. The van der Waals surface area contributed by atoms with Crippen LogP contribution in [0.25, 0.3) is 89.2 Å². The van der Waals surface area contributed by atoms with E-state index in [1.54, 1.807) is 118 Å². The van der Waals surface area contributed by atoms with Gasteiger partial charge in [0.2, 0.25) is 0 Å². The fraction of sp³-hybridized carbons (Fsp3) is 0.373. The lowest BCUT2D eigenvalue weighted by atomic mass is 10.1. The summed E-state index contributed by atoms with van der Waals surface area (Å²) < 4.78 is 76.3. The van der Waals surface area contributed by atoms with E-state index in [4.69, 9.17) is 67.3 Å². The number of hydrogen-bond donors (Lipinski definition) is 3. The molecule has 774 valence electrons. The highest BCUT2D eigenvalue weighted by atomic mass is 32.1. The molecule has 8 aromatic carbocycles. The first-order chi connectivity index (χ1) is 70.4. The van der Waals surface area contributed by atoms with Crippen molar-refractivity contribution in [2.45, 2.75) is 137 Å². The monoisotopic (exact) mass is 2020 g/mol. The van der Waals surface area contributed by atoms with E-state index in [0.717, 1.165) is 212 Å². The standard InChI is InChI=1S/C29H33N7O2.C28H33FN6O2.2C26H31N5O4.CH4.H2S/c1-34-20-21(18-32-34)29-19-31-27-8-7-23(16-28(27)33-29)36(24-14-25(37-2)17-26(15-24)38-3)13-5-12-35-11-4-6-22(35)9-10-30;1-19(2)30-9-10-34(23-12-21(29)13-24(14-23)36-3)22-7-8-25-26(15-22)33-27(17-31-25)20-16-32-35(18-20)28-6-4-5-11-37-28;2*1-17(2)31-14-18(12-28-31)26-13-27-24-7-6-19(10-25(24)29-26)30(15-21(32)16-33-3)20-8-22(34-4)11-23(9-20)35-5;;/h7-8,14-20,22H,4-6,9,11-13H2,1-3H3;7-8,12-19,28,30H,4-6,9-11H2,1-3H3;2*6-14,17,21,32H,15-16H2,1-5H3;1H4;1H2/t22-;;;;;/m1...../s1. The van der Waals surface area contributed by atoms with Crippen molar-refractivity contribution < 1.29 is 62.0 Å². The van der Waals surface area contributed by atoms with Gasteiger partial charge in [-0.05, 0) is 152 Å². The summed E-state index contributed by atoms with van der Waals surface area (Å²) in [6.45, 7) is 18.4. The van der Waals surface area contributed by atoms with Gasteiger partial charge in [0.1, 0.15) is 52.3 Å². The zero-order valence-corrected chi connectivity index (χ0v) is 86.5. The summed E-state index contributed by atoms with van der Waals surface area (Å²) in [6, 6.07) is 49.3. The van der Waals surface area contributed by atoms with Crippen molar-refractivity contribution in [3.8, 4) is 91.3 Å². The summed E-state index contributed by atoms with van der Waals surface area (Å²) >= 11 is 0. The summed E-state index contributed by atoms with van der Waals surface area (Å²) in [4.78, 5) is 48.8.